The Balaban J connectivity index is 2.36. The molecule has 6 heteroatoms. The first-order valence-electron chi connectivity index (χ1n) is 7.63. The Labute approximate surface area is 127 Å². The molecule has 0 saturated heterocycles. The van der Waals surface area contributed by atoms with Gasteiger partial charge in [0, 0.05) is 13.6 Å². The van der Waals surface area contributed by atoms with E-state index < -0.39 is 0 Å². The maximum absolute atomic E-state index is 11.7. The van der Waals surface area contributed by atoms with E-state index in [0.29, 0.717) is 17.9 Å². The highest BCUT2D eigenvalue weighted by molar-refractivity contribution is 5.76. The number of hydrogen-bond acceptors (Lipinski definition) is 2. The summed E-state index contributed by atoms with van der Waals surface area (Å²) in [6.45, 7) is 9.90. The number of rotatable bonds is 4. The summed E-state index contributed by atoms with van der Waals surface area (Å²) in [6.07, 6.45) is 3.49. The van der Waals surface area contributed by atoms with E-state index in [1.165, 1.54) is 13.5 Å². The first-order valence-corrected chi connectivity index (χ1v) is 7.63. The van der Waals surface area contributed by atoms with Crippen molar-refractivity contribution in [2.75, 3.05) is 20.3 Å². The van der Waals surface area contributed by atoms with Crippen LogP contribution in [0.3, 0.4) is 0 Å². The van der Waals surface area contributed by atoms with E-state index in [1.807, 2.05) is 0 Å². The monoisotopic (exact) mass is 298 g/mol. The van der Waals surface area contributed by atoms with Crippen LogP contribution in [-0.4, -0.2) is 32.3 Å². The van der Waals surface area contributed by atoms with Gasteiger partial charge in [-0.15, -0.1) is 0 Å². The normalized spacial score (nSPS) is 27.6. The zero-order valence-electron chi connectivity index (χ0n) is 13.9. The number of amides is 4. The molecular formula is C15H30N4O2. The van der Waals surface area contributed by atoms with Crippen LogP contribution in [0.4, 0.5) is 9.59 Å². The van der Waals surface area contributed by atoms with Gasteiger partial charge < -0.3 is 21.3 Å². The summed E-state index contributed by atoms with van der Waals surface area (Å²) in [5.74, 6) is 0.679. The zero-order valence-corrected chi connectivity index (χ0v) is 13.9. The largest absolute Gasteiger partial charge is 0.341 e. The first-order chi connectivity index (χ1) is 9.66. The smallest absolute Gasteiger partial charge is 0.316 e. The Morgan fingerprint density at radius 1 is 1.05 bits per heavy atom. The Morgan fingerprint density at radius 2 is 1.67 bits per heavy atom. The quantitative estimate of drug-likeness (QED) is 0.599. The lowest BCUT2D eigenvalue weighted by atomic mass is 9.61. The zero-order chi connectivity index (χ0) is 16.1. The van der Waals surface area contributed by atoms with E-state index in [0.717, 1.165) is 12.8 Å². The highest BCUT2D eigenvalue weighted by Crippen LogP contribution is 2.48. The van der Waals surface area contributed by atoms with Gasteiger partial charge in [-0.1, -0.05) is 27.7 Å². The summed E-state index contributed by atoms with van der Waals surface area (Å²) < 4.78 is 0. The average molecular weight is 298 g/mol. The van der Waals surface area contributed by atoms with E-state index in [9.17, 15) is 9.59 Å². The fraction of sp³-hybridized carbons (Fsp3) is 0.867. The molecule has 4 amide bonds. The highest BCUT2D eigenvalue weighted by atomic mass is 16.2. The minimum Gasteiger partial charge on any atom is -0.341 e. The lowest BCUT2D eigenvalue weighted by molar-refractivity contribution is 0.0624. The molecule has 0 spiro atoms. The Bertz CT molecular complexity index is 384. The van der Waals surface area contributed by atoms with Crippen LogP contribution in [0, 0.1) is 16.7 Å². The highest BCUT2D eigenvalue weighted by Gasteiger charge is 2.39. The van der Waals surface area contributed by atoms with E-state index >= 15 is 0 Å². The van der Waals surface area contributed by atoms with Gasteiger partial charge in [-0.3, -0.25) is 0 Å². The molecule has 2 atom stereocenters. The van der Waals surface area contributed by atoms with Crippen LogP contribution in [0.1, 0.15) is 47.0 Å². The number of carbonyl (C=O) groups excluding carboxylic acids is 2. The molecule has 1 rings (SSSR count). The minimum atomic E-state index is -0.315. The maximum atomic E-state index is 11.7. The molecule has 0 radical (unpaired) electrons. The van der Waals surface area contributed by atoms with Crippen LogP contribution in [-0.2, 0) is 0 Å². The third-order valence-electron chi connectivity index (χ3n) is 4.05. The van der Waals surface area contributed by atoms with Gasteiger partial charge in [0.1, 0.15) is 0 Å². The molecule has 0 aromatic heterocycles. The second kappa shape index (κ2) is 7.00. The third-order valence-corrected chi connectivity index (χ3v) is 4.05. The molecule has 1 aliphatic carbocycles. The van der Waals surface area contributed by atoms with Gasteiger partial charge >= 0.3 is 12.1 Å². The van der Waals surface area contributed by atoms with Crippen molar-refractivity contribution in [1.29, 1.82) is 0 Å². The maximum Gasteiger partial charge on any atom is 0.316 e. The second-order valence-electron chi connectivity index (χ2n) is 7.46. The van der Waals surface area contributed by atoms with E-state index in [4.69, 9.17) is 0 Å². The number of carbonyl (C=O) groups is 2. The van der Waals surface area contributed by atoms with Gasteiger partial charge in [0.2, 0.25) is 0 Å². The minimum absolute atomic E-state index is 0.115. The van der Waals surface area contributed by atoms with Crippen molar-refractivity contribution in [3.05, 3.63) is 0 Å². The molecule has 21 heavy (non-hydrogen) atoms. The Morgan fingerprint density at radius 3 is 2.24 bits per heavy atom. The Hall–Kier alpha value is -1.46. The van der Waals surface area contributed by atoms with Gasteiger partial charge in [-0.25, -0.2) is 9.59 Å². The molecule has 0 aromatic rings. The summed E-state index contributed by atoms with van der Waals surface area (Å²) >= 11 is 0. The van der Waals surface area contributed by atoms with Crippen molar-refractivity contribution in [3.63, 3.8) is 0 Å². The molecule has 6 nitrogen and oxygen atoms in total. The van der Waals surface area contributed by atoms with E-state index in [2.05, 4.69) is 49.0 Å². The predicted molar refractivity (Wildman–Crippen MR) is 83.9 cm³/mol. The lowest BCUT2D eigenvalue weighted by Crippen LogP contribution is -2.48. The molecule has 0 aliphatic heterocycles. The Kier molecular flexibility index (Phi) is 5.87. The second-order valence-corrected chi connectivity index (χ2v) is 7.46. The molecule has 1 fully saturated rings. The molecule has 0 bridgehead atoms. The topological polar surface area (TPSA) is 82.3 Å². The third kappa shape index (κ3) is 6.23. The van der Waals surface area contributed by atoms with Crippen molar-refractivity contribution < 1.29 is 9.59 Å². The van der Waals surface area contributed by atoms with Gasteiger partial charge in [0.05, 0.1) is 6.67 Å². The van der Waals surface area contributed by atoms with Crippen LogP contribution in [0.25, 0.3) is 0 Å². The van der Waals surface area contributed by atoms with Crippen LogP contribution >= 0.6 is 0 Å². The van der Waals surface area contributed by atoms with E-state index in [-0.39, 0.29) is 24.1 Å². The molecule has 1 aliphatic rings. The number of urea groups is 2. The van der Waals surface area contributed by atoms with Crippen LogP contribution in [0.5, 0.6) is 0 Å². The van der Waals surface area contributed by atoms with Gasteiger partial charge in [-0.05, 0) is 36.0 Å². The summed E-state index contributed by atoms with van der Waals surface area (Å²) in [5, 5.41) is 10.5. The standard InChI is InChI=1S/C15H30N4O2/c1-11-6-14(2,3)8-15(4,7-11)9-17-13(21)19-10-18-12(20)16-5/h11H,6-10H2,1-5H3,(H2,16,18,20)(H2,17,19,21). The molecule has 122 valence electrons. The summed E-state index contributed by atoms with van der Waals surface area (Å²) in [4.78, 5) is 22.7. The first kappa shape index (κ1) is 17.6. The molecule has 2 unspecified atom stereocenters. The van der Waals surface area contributed by atoms with Gasteiger partial charge in [-0.2, -0.15) is 0 Å². The van der Waals surface area contributed by atoms with Crippen molar-refractivity contribution in [2.24, 2.45) is 16.7 Å². The van der Waals surface area contributed by atoms with Gasteiger partial charge in [0.15, 0.2) is 0 Å². The van der Waals surface area contributed by atoms with Crippen LogP contribution in [0.2, 0.25) is 0 Å². The van der Waals surface area contributed by atoms with Crippen molar-refractivity contribution >= 4 is 12.1 Å². The summed E-state index contributed by atoms with van der Waals surface area (Å²) in [5.41, 5.74) is 0.456. The van der Waals surface area contributed by atoms with Crippen molar-refractivity contribution in [3.8, 4) is 0 Å². The fourth-order valence-corrected chi connectivity index (χ4v) is 3.94. The van der Waals surface area contributed by atoms with Crippen molar-refractivity contribution in [2.45, 2.75) is 47.0 Å². The van der Waals surface area contributed by atoms with Crippen LogP contribution in [0.15, 0.2) is 0 Å². The summed E-state index contributed by atoms with van der Waals surface area (Å²) in [7, 11) is 1.53. The van der Waals surface area contributed by atoms with Crippen LogP contribution < -0.4 is 21.3 Å². The number of hydrogen-bond donors (Lipinski definition) is 4. The average Bonchev–Trinajstić information content (AvgIpc) is 2.33. The number of nitrogens with one attached hydrogen (secondary N) is 4. The molecule has 0 heterocycles. The molecule has 4 N–H and O–H groups in total. The van der Waals surface area contributed by atoms with Gasteiger partial charge in [0.25, 0.3) is 0 Å². The predicted octanol–water partition coefficient (Wildman–Crippen LogP) is 2.02. The van der Waals surface area contributed by atoms with E-state index in [1.54, 1.807) is 0 Å². The SMILES string of the molecule is CNC(=O)NCNC(=O)NCC1(C)CC(C)CC(C)(C)C1. The molecule has 0 aromatic carbocycles. The lowest BCUT2D eigenvalue weighted by Gasteiger charge is -2.46. The molecular weight excluding hydrogens is 268 g/mol. The molecule has 1 saturated carbocycles. The van der Waals surface area contributed by atoms with Crippen molar-refractivity contribution in [1.82, 2.24) is 21.3 Å². The summed E-state index contributed by atoms with van der Waals surface area (Å²) in [6, 6.07) is -0.561. The fourth-order valence-electron chi connectivity index (χ4n) is 3.94.